The summed E-state index contributed by atoms with van der Waals surface area (Å²) in [6, 6.07) is 0.114. The van der Waals surface area contributed by atoms with Crippen molar-refractivity contribution in [2.45, 2.75) is 58.0 Å². The van der Waals surface area contributed by atoms with Crippen molar-refractivity contribution in [2.75, 3.05) is 0 Å². The fraction of sp³-hybridized carbons (Fsp3) is 0.714. The second kappa shape index (κ2) is 5.44. The number of carbonyl (C=O) groups is 1. The molecule has 1 heterocycles. The summed E-state index contributed by atoms with van der Waals surface area (Å²) in [6.45, 7) is 7.45. The quantitative estimate of drug-likeness (QED) is 0.902. The largest absolute Gasteiger partial charge is 0.334 e. The lowest BCUT2D eigenvalue weighted by Crippen LogP contribution is -2.46. The summed E-state index contributed by atoms with van der Waals surface area (Å²) < 4.78 is 28.4. The molecule has 0 bridgehead atoms. The van der Waals surface area contributed by atoms with Gasteiger partial charge in [0.15, 0.2) is 5.03 Å². The SMILES string of the molecule is CC(C)n1cnc(S(=O)(=O)NC(=O)C(C)(C)C2CCC2)c1. The summed E-state index contributed by atoms with van der Waals surface area (Å²) in [5.74, 6) is -0.202. The van der Waals surface area contributed by atoms with E-state index in [1.807, 2.05) is 13.8 Å². The third-order valence-corrected chi connectivity index (χ3v) is 5.60. The molecule has 2 rings (SSSR count). The van der Waals surface area contributed by atoms with Gasteiger partial charge in [-0.15, -0.1) is 0 Å². The average molecular weight is 313 g/mol. The van der Waals surface area contributed by atoms with Gasteiger partial charge in [0, 0.05) is 17.7 Å². The number of amides is 1. The van der Waals surface area contributed by atoms with Crippen LogP contribution >= 0.6 is 0 Å². The Morgan fingerprint density at radius 2 is 2.05 bits per heavy atom. The molecule has 7 heteroatoms. The molecule has 0 atom stereocenters. The zero-order chi connectivity index (χ0) is 15.8. The molecule has 1 aromatic rings. The van der Waals surface area contributed by atoms with E-state index in [4.69, 9.17) is 0 Å². The first-order chi connectivity index (χ1) is 9.64. The van der Waals surface area contributed by atoms with Crippen LogP contribution < -0.4 is 4.72 Å². The molecule has 6 nitrogen and oxygen atoms in total. The second-order valence-corrected chi connectivity index (χ2v) is 8.17. The van der Waals surface area contributed by atoms with Crippen molar-refractivity contribution in [3.05, 3.63) is 12.5 Å². The molecule has 1 N–H and O–H groups in total. The van der Waals surface area contributed by atoms with Crippen LogP contribution in [0.1, 0.15) is 53.0 Å². The van der Waals surface area contributed by atoms with E-state index in [-0.39, 0.29) is 17.0 Å². The number of sulfonamides is 1. The number of aromatic nitrogens is 2. The minimum atomic E-state index is -3.90. The number of imidazole rings is 1. The van der Waals surface area contributed by atoms with Gasteiger partial charge in [-0.2, -0.15) is 8.42 Å². The summed E-state index contributed by atoms with van der Waals surface area (Å²) in [6.07, 6.45) is 5.95. The van der Waals surface area contributed by atoms with Crippen molar-refractivity contribution in [3.63, 3.8) is 0 Å². The molecule has 21 heavy (non-hydrogen) atoms. The molecule has 1 fully saturated rings. The Hall–Kier alpha value is -1.37. The van der Waals surface area contributed by atoms with E-state index in [1.165, 1.54) is 12.5 Å². The Morgan fingerprint density at radius 1 is 1.43 bits per heavy atom. The van der Waals surface area contributed by atoms with Crippen LogP contribution in [0, 0.1) is 11.3 Å². The lowest BCUT2D eigenvalue weighted by atomic mass is 9.67. The summed E-state index contributed by atoms with van der Waals surface area (Å²) in [5.41, 5.74) is -0.675. The van der Waals surface area contributed by atoms with Gasteiger partial charge >= 0.3 is 0 Å². The molecule has 1 aromatic heterocycles. The highest BCUT2D eigenvalue weighted by Gasteiger charge is 2.41. The van der Waals surface area contributed by atoms with Crippen LogP contribution in [0.3, 0.4) is 0 Å². The van der Waals surface area contributed by atoms with Gasteiger partial charge in [0.25, 0.3) is 10.0 Å². The van der Waals surface area contributed by atoms with E-state index < -0.39 is 21.3 Å². The molecule has 0 spiro atoms. The molecule has 0 aliphatic heterocycles. The van der Waals surface area contributed by atoms with Crippen LogP contribution in [0.4, 0.5) is 0 Å². The minimum absolute atomic E-state index is 0.114. The molecular weight excluding hydrogens is 290 g/mol. The van der Waals surface area contributed by atoms with Crippen molar-refractivity contribution in [1.29, 1.82) is 0 Å². The summed E-state index contributed by atoms with van der Waals surface area (Å²) >= 11 is 0. The predicted octanol–water partition coefficient (Wildman–Crippen LogP) is 2.10. The number of rotatable bonds is 5. The van der Waals surface area contributed by atoms with E-state index in [0.717, 1.165) is 19.3 Å². The van der Waals surface area contributed by atoms with Gasteiger partial charge in [0.1, 0.15) is 0 Å². The third kappa shape index (κ3) is 3.12. The van der Waals surface area contributed by atoms with E-state index in [9.17, 15) is 13.2 Å². The number of hydrogen-bond donors (Lipinski definition) is 1. The van der Waals surface area contributed by atoms with Crippen molar-refractivity contribution < 1.29 is 13.2 Å². The fourth-order valence-electron chi connectivity index (χ4n) is 2.36. The van der Waals surface area contributed by atoms with Crippen molar-refractivity contribution in [3.8, 4) is 0 Å². The lowest BCUT2D eigenvalue weighted by Gasteiger charge is -2.38. The molecule has 1 aliphatic carbocycles. The number of nitrogens with zero attached hydrogens (tertiary/aromatic N) is 2. The molecule has 1 aliphatic rings. The van der Waals surface area contributed by atoms with Crippen LogP contribution in [0.25, 0.3) is 0 Å². The molecule has 1 saturated carbocycles. The van der Waals surface area contributed by atoms with Gasteiger partial charge in [-0.1, -0.05) is 20.3 Å². The van der Waals surface area contributed by atoms with Crippen molar-refractivity contribution in [1.82, 2.24) is 14.3 Å². The molecule has 0 saturated heterocycles. The fourth-order valence-corrected chi connectivity index (χ4v) is 3.42. The number of hydrogen-bond acceptors (Lipinski definition) is 4. The van der Waals surface area contributed by atoms with Crippen LogP contribution in [0.15, 0.2) is 17.6 Å². The third-order valence-electron chi connectivity index (χ3n) is 4.39. The van der Waals surface area contributed by atoms with Crippen LogP contribution in [-0.2, 0) is 14.8 Å². The van der Waals surface area contributed by atoms with Gasteiger partial charge < -0.3 is 4.57 Å². The second-order valence-electron chi connectivity index (χ2n) is 6.54. The summed E-state index contributed by atoms with van der Waals surface area (Å²) in [5, 5.41) is -0.117. The van der Waals surface area contributed by atoms with Crippen LogP contribution in [0.2, 0.25) is 0 Å². The van der Waals surface area contributed by atoms with Crippen LogP contribution in [0.5, 0.6) is 0 Å². The minimum Gasteiger partial charge on any atom is -0.334 e. The van der Waals surface area contributed by atoms with Gasteiger partial charge in [-0.05, 0) is 32.6 Å². The summed E-state index contributed by atoms with van der Waals surface area (Å²) in [4.78, 5) is 16.2. The Balaban J connectivity index is 2.14. The maximum Gasteiger partial charge on any atom is 0.283 e. The Kier molecular flexibility index (Phi) is 4.15. The molecule has 0 radical (unpaired) electrons. The molecule has 0 unspecified atom stereocenters. The van der Waals surface area contributed by atoms with Gasteiger partial charge in [-0.3, -0.25) is 4.79 Å². The number of nitrogens with one attached hydrogen (secondary N) is 1. The highest BCUT2D eigenvalue weighted by atomic mass is 32.2. The molecular formula is C14H23N3O3S. The van der Waals surface area contributed by atoms with Crippen molar-refractivity contribution >= 4 is 15.9 Å². The molecule has 1 amide bonds. The standard InChI is InChI=1S/C14H23N3O3S/c1-10(2)17-8-12(15-9-17)21(19,20)16-13(18)14(3,4)11-6-5-7-11/h8-11H,5-7H2,1-4H3,(H,16,18). The van der Waals surface area contributed by atoms with Gasteiger partial charge in [0.05, 0.1) is 6.33 Å². The monoisotopic (exact) mass is 313 g/mol. The topological polar surface area (TPSA) is 81.1 Å². The number of carbonyl (C=O) groups excluding carboxylic acids is 1. The van der Waals surface area contributed by atoms with Crippen LogP contribution in [-0.4, -0.2) is 23.9 Å². The highest BCUT2D eigenvalue weighted by molar-refractivity contribution is 7.90. The smallest absolute Gasteiger partial charge is 0.283 e. The zero-order valence-electron chi connectivity index (χ0n) is 13.0. The van der Waals surface area contributed by atoms with E-state index in [2.05, 4.69) is 9.71 Å². The Morgan fingerprint density at radius 3 is 2.48 bits per heavy atom. The van der Waals surface area contributed by atoms with Gasteiger partial charge in [-0.25, -0.2) is 9.71 Å². The highest BCUT2D eigenvalue weighted by Crippen LogP contribution is 2.41. The van der Waals surface area contributed by atoms with E-state index in [0.29, 0.717) is 0 Å². The van der Waals surface area contributed by atoms with E-state index >= 15 is 0 Å². The molecule has 0 aromatic carbocycles. The molecule has 118 valence electrons. The normalized spacial score (nSPS) is 16.8. The zero-order valence-corrected chi connectivity index (χ0v) is 13.8. The maximum absolute atomic E-state index is 12.3. The van der Waals surface area contributed by atoms with Crippen molar-refractivity contribution in [2.24, 2.45) is 11.3 Å². The predicted molar refractivity (Wildman–Crippen MR) is 79.1 cm³/mol. The van der Waals surface area contributed by atoms with E-state index in [1.54, 1.807) is 18.4 Å². The lowest BCUT2D eigenvalue weighted by molar-refractivity contribution is -0.132. The summed E-state index contributed by atoms with van der Waals surface area (Å²) in [7, 11) is -3.90. The first-order valence-electron chi connectivity index (χ1n) is 7.25. The Labute approximate surface area is 126 Å². The van der Waals surface area contributed by atoms with Gasteiger partial charge in [0.2, 0.25) is 5.91 Å². The first-order valence-corrected chi connectivity index (χ1v) is 8.73. The first kappa shape index (κ1) is 16.0. The average Bonchev–Trinajstić information content (AvgIpc) is 2.74. The maximum atomic E-state index is 12.3. The Bertz CT molecular complexity index is 628.